The first-order chi connectivity index (χ1) is 11.4. The van der Waals surface area contributed by atoms with E-state index in [1.54, 1.807) is 0 Å². The molecule has 0 aromatic heterocycles. The third-order valence-electron chi connectivity index (χ3n) is 4.33. The second kappa shape index (κ2) is 15.8. The summed E-state index contributed by atoms with van der Waals surface area (Å²) in [6.07, 6.45) is 19.7. The normalized spacial score (nSPS) is 11.3. The predicted octanol–water partition coefficient (Wildman–Crippen LogP) is 6.30. The van der Waals surface area contributed by atoms with Crippen LogP contribution in [-0.4, -0.2) is 13.1 Å². The zero-order valence-electron chi connectivity index (χ0n) is 15.2. The molecule has 0 atom stereocenters. The minimum Gasteiger partial charge on any atom is -0.313 e. The molecule has 23 heavy (non-hydrogen) atoms. The van der Waals surface area contributed by atoms with Crippen molar-refractivity contribution in [1.29, 1.82) is 0 Å². The first-order valence-corrected chi connectivity index (χ1v) is 9.83. The van der Waals surface area contributed by atoms with Crippen LogP contribution < -0.4 is 5.32 Å². The minimum absolute atomic E-state index is 1.00. The van der Waals surface area contributed by atoms with Gasteiger partial charge in [0.1, 0.15) is 0 Å². The molecular weight excluding hydrogens is 278 g/mol. The van der Waals surface area contributed by atoms with Crippen molar-refractivity contribution in [3.05, 3.63) is 48.0 Å². The molecule has 1 aromatic carbocycles. The maximum atomic E-state index is 3.51. The molecule has 0 aliphatic rings. The monoisotopic (exact) mass is 315 g/mol. The van der Waals surface area contributed by atoms with Gasteiger partial charge in [0.05, 0.1) is 0 Å². The van der Waals surface area contributed by atoms with E-state index in [-0.39, 0.29) is 0 Å². The molecule has 0 heterocycles. The van der Waals surface area contributed by atoms with Gasteiger partial charge in [-0.1, -0.05) is 107 Å². The molecule has 1 rings (SSSR count). The van der Waals surface area contributed by atoms with E-state index >= 15 is 0 Å². The van der Waals surface area contributed by atoms with Crippen LogP contribution >= 0.6 is 0 Å². The van der Waals surface area contributed by atoms with E-state index in [0.29, 0.717) is 0 Å². The number of hydrogen-bond acceptors (Lipinski definition) is 1. The largest absolute Gasteiger partial charge is 0.313 e. The van der Waals surface area contributed by atoms with Gasteiger partial charge in [0.15, 0.2) is 0 Å². The molecule has 0 saturated heterocycles. The standard InChI is InChI=1S/C22H37N/c1-2-3-4-5-6-7-8-9-10-15-20-23-21-16-14-19-22-17-12-11-13-18-22/h11-14,16-18,23H,2-10,15,19-21H2,1H3. The fraction of sp³-hybridized carbons (Fsp3) is 0.636. The van der Waals surface area contributed by atoms with E-state index in [0.717, 1.165) is 19.5 Å². The van der Waals surface area contributed by atoms with Crippen molar-refractivity contribution in [2.75, 3.05) is 13.1 Å². The fourth-order valence-electron chi connectivity index (χ4n) is 2.84. The van der Waals surface area contributed by atoms with Gasteiger partial charge in [0.25, 0.3) is 0 Å². The highest BCUT2D eigenvalue weighted by Gasteiger charge is 1.92. The molecule has 0 fully saturated rings. The Morgan fingerprint density at radius 3 is 2.00 bits per heavy atom. The summed E-state index contributed by atoms with van der Waals surface area (Å²) in [4.78, 5) is 0. The molecule has 0 unspecified atom stereocenters. The Kier molecular flexibility index (Phi) is 13.7. The number of unbranched alkanes of at least 4 members (excludes halogenated alkanes) is 9. The lowest BCUT2D eigenvalue weighted by Crippen LogP contribution is -2.14. The van der Waals surface area contributed by atoms with E-state index in [1.165, 1.54) is 69.8 Å². The topological polar surface area (TPSA) is 12.0 Å². The lowest BCUT2D eigenvalue weighted by Gasteiger charge is -2.03. The van der Waals surface area contributed by atoms with Crippen molar-refractivity contribution in [2.24, 2.45) is 0 Å². The maximum absolute atomic E-state index is 3.51. The van der Waals surface area contributed by atoms with Crippen LogP contribution in [0.5, 0.6) is 0 Å². The van der Waals surface area contributed by atoms with E-state index in [2.05, 4.69) is 54.7 Å². The first-order valence-electron chi connectivity index (χ1n) is 9.83. The molecule has 0 spiro atoms. The van der Waals surface area contributed by atoms with Gasteiger partial charge in [-0.05, 0) is 24.9 Å². The van der Waals surface area contributed by atoms with Crippen LogP contribution in [0.2, 0.25) is 0 Å². The smallest absolute Gasteiger partial charge is 0.0135 e. The van der Waals surface area contributed by atoms with Crippen LogP contribution in [0.15, 0.2) is 42.5 Å². The molecule has 1 N–H and O–H groups in total. The Labute approximate surface area is 144 Å². The van der Waals surface area contributed by atoms with Crippen molar-refractivity contribution in [1.82, 2.24) is 5.32 Å². The Hall–Kier alpha value is -1.08. The van der Waals surface area contributed by atoms with Gasteiger partial charge in [-0.2, -0.15) is 0 Å². The number of allylic oxidation sites excluding steroid dienone is 1. The molecule has 0 aliphatic heterocycles. The summed E-state index contributed by atoms with van der Waals surface area (Å²) in [7, 11) is 0. The van der Waals surface area contributed by atoms with Crippen molar-refractivity contribution >= 4 is 0 Å². The summed E-state index contributed by atoms with van der Waals surface area (Å²) < 4.78 is 0. The Morgan fingerprint density at radius 2 is 1.35 bits per heavy atom. The van der Waals surface area contributed by atoms with Gasteiger partial charge >= 0.3 is 0 Å². The van der Waals surface area contributed by atoms with Crippen molar-refractivity contribution < 1.29 is 0 Å². The summed E-state index contributed by atoms with van der Waals surface area (Å²) in [6.45, 7) is 4.45. The van der Waals surface area contributed by atoms with Gasteiger partial charge in [-0.15, -0.1) is 0 Å². The molecular formula is C22H37N. The molecule has 0 bridgehead atoms. The third-order valence-corrected chi connectivity index (χ3v) is 4.33. The highest BCUT2D eigenvalue weighted by atomic mass is 14.8. The zero-order chi connectivity index (χ0) is 16.4. The van der Waals surface area contributed by atoms with Gasteiger partial charge in [-0.3, -0.25) is 0 Å². The van der Waals surface area contributed by atoms with Gasteiger partial charge in [0.2, 0.25) is 0 Å². The molecule has 0 amide bonds. The van der Waals surface area contributed by atoms with Crippen LogP contribution in [0, 0.1) is 0 Å². The van der Waals surface area contributed by atoms with Crippen LogP contribution in [0.1, 0.15) is 76.7 Å². The lowest BCUT2D eigenvalue weighted by molar-refractivity contribution is 0.549. The molecule has 0 saturated carbocycles. The average Bonchev–Trinajstić information content (AvgIpc) is 2.59. The summed E-state index contributed by atoms with van der Waals surface area (Å²) in [5.74, 6) is 0. The van der Waals surface area contributed by atoms with Crippen molar-refractivity contribution in [2.45, 2.75) is 77.6 Å². The van der Waals surface area contributed by atoms with E-state index in [4.69, 9.17) is 0 Å². The second-order valence-corrected chi connectivity index (χ2v) is 6.55. The molecule has 0 radical (unpaired) electrons. The SMILES string of the molecule is CCCCCCCCCCCCNCC=CCc1ccccc1. The summed E-state index contributed by atoms with van der Waals surface area (Å²) >= 11 is 0. The van der Waals surface area contributed by atoms with Crippen LogP contribution in [0.4, 0.5) is 0 Å². The lowest BCUT2D eigenvalue weighted by atomic mass is 10.1. The second-order valence-electron chi connectivity index (χ2n) is 6.55. The van der Waals surface area contributed by atoms with Gasteiger partial charge in [0, 0.05) is 6.54 Å². The average molecular weight is 316 g/mol. The van der Waals surface area contributed by atoms with Gasteiger partial charge in [-0.25, -0.2) is 0 Å². The summed E-state index contributed by atoms with van der Waals surface area (Å²) in [5, 5.41) is 3.51. The third kappa shape index (κ3) is 13.1. The molecule has 1 aromatic rings. The molecule has 1 heteroatoms. The van der Waals surface area contributed by atoms with Crippen LogP contribution in [0.3, 0.4) is 0 Å². The van der Waals surface area contributed by atoms with Gasteiger partial charge < -0.3 is 5.32 Å². The number of nitrogens with one attached hydrogen (secondary N) is 1. The summed E-state index contributed by atoms with van der Waals surface area (Å²) in [5.41, 5.74) is 1.39. The van der Waals surface area contributed by atoms with Crippen LogP contribution in [0.25, 0.3) is 0 Å². The Balaban J connectivity index is 1.78. The van der Waals surface area contributed by atoms with E-state index in [9.17, 15) is 0 Å². The number of rotatable bonds is 15. The molecule has 0 aliphatic carbocycles. The molecule has 130 valence electrons. The van der Waals surface area contributed by atoms with E-state index < -0.39 is 0 Å². The zero-order valence-corrected chi connectivity index (χ0v) is 15.2. The van der Waals surface area contributed by atoms with Crippen LogP contribution in [-0.2, 0) is 6.42 Å². The highest BCUT2D eigenvalue weighted by molar-refractivity contribution is 5.17. The Bertz CT molecular complexity index is 369. The summed E-state index contributed by atoms with van der Waals surface area (Å²) in [6, 6.07) is 10.6. The fourth-order valence-corrected chi connectivity index (χ4v) is 2.84. The minimum atomic E-state index is 1.00. The van der Waals surface area contributed by atoms with Crippen molar-refractivity contribution in [3.8, 4) is 0 Å². The van der Waals surface area contributed by atoms with E-state index in [1.807, 2.05) is 0 Å². The predicted molar refractivity (Wildman–Crippen MR) is 104 cm³/mol. The first kappa shape index (κ1) is 20.0. The number of benzene rings is 1. The maximum Gasteiger partial charge on any atom is 0.0135 e. The highest BCUT2D eigenvalue weighted by Crippen LogP contribution is 2.10. The quantitative estimate of drug-likeness (QED) is 0.296. The Morgan fingerprint density at radius 1 is 0.739 bits per heavy atom. The molecule has 1 nitrogen and oxygen atoms in total. The van der Waals surface area contributed by atoms with Crippen molar-refractivity contribution in [3.63, 3.8) is 0 Å². The number of hydrogen-bond donors (Lipinski definition) is 1.